The topological polar surface area (TPSA) is 20.2 Å². The van der Waals surface area contributed by atoms with Gasteiger partial charge in [0.05, 0.1) is 0 Å². The Bertz CT molecular complexity index is 264. The molecule has 1 atom stereocenters. The van der Waals surface area contributed by atoms with E-state index in [-0.39, 0.29) is 0 Å². The molecule has 14 heavy (non-hydrogen) atoms. The third-order valence-electron chi connectivity index (χ3n) is 3.39. The summed E-state index contributed by atoms with van der Waals surface area (Å²) < 4.78 is 0. The molecule has 1 nitrogen and oxygen atoms in total. The van der Waals surface area contributed by atoms with Crippen LogP contribution in [0.25, 0.3) is 0 Å². The van der Waals surface area contributed by atoms with Crippen LogP contribution in [0, 0.1) is 11.8 Å². The molecule has 1 fully saturated rings. The first-order valence-corrected chi connectivity index (χ1v) is 5.55. The van der Waals surface area contributed by atoms with Crippen molar-refractivity contribution >= 4 is 0 Å². The van der Waals surface area contributed by atoms with E-state index in [1.807, 2.05) is 6.07 Å². The van der Waals surface area contributed by atoms with Crippen molar-refractivity contribution in [3.05, 3.63) is 35.9 Å². The van der Waals surface area contributed by atoms with E-state index in [0.717, 1.165) is 12.3 Å². The van der Waals surface area contributed by atoms with Crippen LogP contribution in [-0.2, 0) is 6.42 Å². The molecule has 0 saturated heterocycles. The molecule has 1 aliphatic carbocycles. The summed E-state index contributed by atoms with van der Waals surface area (Å²) in [4.78, 5) is 0. The van der Waals surface area contributed by atoms with Crippen molar-refractivity contribution in [1.82, 2.24) is 0 Å². The third kappa shape index (κ3) is 2.16. The van der Waals surface area contributed by atoms with E-state index in [1.54, 1.807) is 0 Å². The Hall–Kier alpha value is -0.820. The van der Waals surface area contributed by atoms with Crippen LogP contribution < -0.4 is 0 Å². The maximum Gasteiger partial charge on any atom is 0.0465 e. The van der Waals surface area contributed by atoms with Crippen molar-refractivity contribution in [3.8, 4) is 0 Å². The van der Waals surface area contributed by atoms with Crippen molar-refractivity contribution in [3.63, 3.8) is 0 Å². The number of rotatable bonds is 4. The van der Waals surface area contributed by atoms with Crippen molar-refractivity contribution in [1.29, 1.82) is 0 Å². The summed E-state index contributed by atoms with van der Waals surface area (Å²) in [7, 11) is 0. The summed E-state index contributed by atoms with van der Waals surface area (Å²) in [6.45, 7) is 0.347. The van der Waals surface area contributed by atoms with Crippen LogP contribution in [0.15, 0.2) is 30.3 Å². The zero-order valence-electron chi connectivity index (χ0n) is 8.52. The van der Waals surface area contributed by atoms with Crippen molar-refractivity contribution in [2.24, 2.45) is 11.8 Å². The van der Waals surface area contributed by atoms with Crippen LogP contribution in [0.4, 0.5) is 0 Å². The number of aliphatic hydroxyl groups excluding tert-OH is 1. The van der Waals surface area contributed by atoms with Gasteiger partial charge in [-0.1, -0.05) is 49.6 Å². The van der Waals surface area contributed by atoms with Gasteiger partial charge in [0.15, 0.2) is 0 Å². The predicted molar refractivity (Wildman–Crippen MR) is 58.1 cm³/mol. The van der Waals surface area contributed by atoms with E-state index in [9.17, 15) is 5.11 Å². The first kappa shape index (κ1) is 9.72. The first-order chi connectivity index (χ1) is 6.90. The lowest BCUT2D eigenvalue weighted by Gasteiger charge is -2.32. The molecule has 0 aliphatic heterocycles. The molecule has 0 heterocycles. The number of benzene rings is 1. The maximum atomic E-state index is 9.32. The molecule has 1 saturated carbocycles. The molecular weight excluding hydrogens is 172 g/mol. The molecule has 1 heteroatoms. The largest absolute Gasteiger partial charge is 0.396 e. The Kier molecular flexibility index (Phi) is 3.20. The van der Waals surface area contributed by atoms with Gasteiger partial charge in [-0.15, -0.1) is 0 Å². The standard InChI is InChI=1S/C13H18O/c14-10-13(12-7-4-8-12)9-11-5-2-1-3-6-11/h1-3,5-6,12-14H,4,7-10H2. The summed E-state index contributed by atoms with van der Waals surface area (Å²) in [6.07, 6.45) is 5.04. The monoisotopic (exact) mass is 190 g/mol. The highest BCUT2D eigenvalue weighted by Gasteiger charge is 2.26. The van der Waals surface area contributed by atoms with Gasteiger partial charge in [-0.05, 0) is 23.8 Å². The van der Waals surface area contributed by atoms with Crippen LogP contribution in [0.1, 0.15) is 24.8 Å². The van der Waals surface area contributed by atoms with Crippen molar-refractivity contribution < 1.29 is 5.11 Å². The van der Waals surface area contributed by atoms with Crippen molar-refractivity contribution in [2.45, 2.75) is 25.7 Å². The molecule has 1 aromatic rings. The second-order valence-electron chi connectivity index (χ2n) is 4.32. The Morgan fingerprint density at radius 3 is 2.43 bits per heavy atom. The Labute approximate surface area is 85.8 Å². The molecule has 2 rings (SSSR count). The molecule has 0 spiro atoms. The molecule has 1 N–H and O–H groups in total. The van der Waals surface area contributed by atoms with Gasteiger partial charge in [0.2, 0.25) is 0 Å². The quantitative estimate of drug-likeness (QED) is 0.774. The molecule has 0 radical (unpaired) electrons. The molecule has 0 amide bonds. The normalized spacial score (nSPS) is 18.9. The van der Waals surface area contributed by atoms with Gasteiger partial charge in [-0.25, -0.2) is 0 Å². The summed E-state index contributed by atoms with van der Waals surface area (Å²) in [5.74, 6) is 1.27. The first-order valence-electron chi connectivity index (χ1n) is 5.55. The highest BCUT2D eigenvalue weighted by Crippen LogP contribution is 2.34. The van der Waals surface area contributed by atoms with Gasteiger partial charge in [0, 0.05) is 6.61 Å². The van der Waals surface area contributed by atoms with Gasteiger partial charge >= 0.3 is 0 Å². The summed E-state index contributed by atoms with van der Waals surface area (Å²) in [6, 6.07) is 10.5. The van der Waals surface area contributed by atoms with Gasteiger partial charge in [-0.3, -0.25) is 0 Å². The molecule has 1 aromatic carbocycles. The number of aliphatic hydroxyl groups is 1. The maximum absolute atomic E-state index is 9.32. The third-order valence-corrected chi connectivity index (χ3v) is 3.39. The highest BCUT2D eigenvalue weighted by atomic mass is 16.3. The van der Waals surface area contributed by atoms with E-state index in [1.165, 1.54) is 24.8 Å². The Morgan fingerprint density at radius 2 is 1.93 bits per heavy atom. The predicted octanol–water partition coefficient (Wildman–Crippen LogP) is 2.64. The van der Waals surface area contributed by atoms with Crippen LogP contribution in [0.5, 0.6) is 0 Å². The summed E-state index contributed by atoms with van der Waals surface area (Å²) in [5, 5.41) is 9.32. The van der Waals surface area contributed by atoms with Crippen LogP contribution in [-0.4, -0.2) is 11.7 Å². The van der Waals surface area contributed by atoms with E-state index in [4.69, 9.17) is 0 Å². The lowest BCUT2D eigenvalue weighted by atomic mass is 9.74. The van der Waals surface area contributed by atoms with Crippen LogP contribution in [0.2, 0.25) is 0 Å². The molecular formula is C13H18O. The van der Waals surface area contributed by atoms with Gasteiger partial charge in [0.1, 0.15) is 0 Å². The average Bonchev–Trinajstić information content (AvgIpc) is 2.15. The minimum absolute atomic E-state index is 0.347. The van der Waals surface area contributed by atoms with Crippen LogP contribution >= 0.6 is 0 Å². The summed E-state index contributed by atoms with van der Waals surface area (Å²) >= 11 is 0. The number of hydrogen-bond acceptors (Lipinski definition) is 1. The lowest BCUT2D eigenvalue weighted by Crippen LogP contribution is -2.26. The Morgan fingerprint density at radius 1 is 1.21 bits per heavy atom. The molecule has 76 valence electrons. The van der Waals surface area contributed by atoms with Crippen molar-refractivity contribution in [2.75, 3.05) is 6.61 Å². The fraction of sp³-hybridized carbons (Fsp3) is 0.538. The number of hydrogen-bond donors (Lipinski definition) is 1. The SMILES string of the molecule is OCC(Cc1ccccc1)C1CCC1. The van der Waals surface area contributed by atoms with Gasteiger partial charge < -0.3 is 5.11 Å². The van der Waals surface area contributed by atoms with E-state index in [0.29, 0.717) is 12.5 Å². The molecule has 1 aliphatic rings. The lowest BCUT2D eigenvalue weighted by molar-refractivity contribution is 0.123. The smallest absolute Gasteiger partial charge is 0.0465 e. The second-order valence-corrected chi connectivity index (χ2v) is 4.32. The zero-order valence-corrected chi connectivity index (χ0v) is 8.52. The van der Waals surface area contributed by atoms with Crippen LogP contribution in [0.3, 0.4) is 0 Å². The average molecular weight is 190 g/mol. The van der Waals surface area contributed by atoms with Gasteiger partial charge in [-0.2, -0.15) is 0 Å². The van der Waals surface area contributed by atoms with Gasteiger partial charge in [0.25, 0.3) is 0 Å². The Balaban J connectivity index is 1.94. The summed E-state index contributed by atoms with van der Waals surface area (Å²) in [5.41, 5.74) is 1.36. The highest BCUT2D eigenvalue weighted by molar-refractivity contribution is 5.15. The fourth-order valence-corrected chi connectivity index (χ4v) is 2.21. The van der Waals surface area contributed by atoms with E-state index in [2.05, 4.69) is 24.3 Å². The second kappa shape index (κ2) is 4.61. The van der Waals surface area contributed by atoms with E-state index < -0.39 is 0 Å². The molecule has 1 unspecified atom stereocenters. The zero-order chi connectivity index (χ0) is 9.80. The fourth-order valence-electron chi connectivity index (χ4n) is 2.21. The minimum Gasteiger partial charge on any atom is -0.396 e. The molecule has 0 bridgehead atoms. The molecule has 0 aromatic heterocycles. The van der Waals surface area contributed by atoms with E-state index >= 15 is 0 Å². The minimum atomic E-state index is 0.347.